The second-order valence-corrected chi connectivity index (χ2v) is 7.04. The zero-order valence-corrected chi connectivity index (χ0v) is 14.4. The van der Waals surface area contributed by atoms with Crippen LogP contribution < -0.4 is 5.32 Å². The molecule has 1 unspecified atom stereocenters. The fourth-order valence-corrected chi connectivity index (χ4v) is 3.35. The topological polar surface area (TPSA) is 63.1 Å². The molecule has 0 radical (unpaired) electrons. The summed E-state index contributed by atoms with van der Waals surface area (Å²) in [6.07, 6.45) is 6.42. The van der Waals surface area contributed by atoms with Crippen LogP contribution in [0.25, 0.3) is 0 Å². The molecule has 2 heterocycles. The van der Waals surface area contributed by atoms with Crippen molar-refractivity contribution >= 4 is 5.91 Å². The van der Waals surface area contributed by atoms with E-state index in [0.717, 1.165) is 63.0 Å². The van der Waals surface area contributed by atoms with Crippen LogP contribution in [-0.2, 0) is 11.3 Å². The van der Waals surface area contributed by atoms with Gasteiger partial charge in [-0.2, -0.15) is 5.10 Å². The average Bonchev–Trinajstić information content (AvgIpc) is 3.29. The van der Waals surface area contributed by atoms with Crippen LogP contribution in [0.4, 0.5) is 0 Å². The van der Waals surface area contributed by atoms with Crippen LogP contribution in [-0.4, -0.2) is 51.2 Å². The Morgan fingerprint density at radius 2 is 2.04 bits per heavy atom. The minimum atomic E-state index is 0.356. The molecule has 1 amide bonds. The van der Waals surface area contributed by atoms with Gasteiger partial charge in [-0.1, -0.05) is 0 Å². The van der Waals surface area contributed by atoms with E-state index in [2.05, 4.69) is 20.3 Å². The van der Waals surface area contributed by atoms with Crippen molar-refractivity contribution in [1.82, 2.24) is 25.0 Å². The predicted molar refractivity (Wildman–Crippen MR) is 89.1 cm³/mol. The highest BCUT2D eigenvalue weighted by Crippen LogP contribution is 2.30. The molecule has 1 atom stereocenters. The van der Waals surface area contributed by atoms with Crippen molar-refractivity contribution < 1.29 is 4.79 Å². The molecule has 1 aliphatic carbocycles. The first-order valence-electron chi connectivity index (χ1n) is 9.01. The van der Waals surface area contributed by atoms with Gasteiger partial charge in [-0.15, -0.1) is 0 Å². The molecule has 1 aromatic heterocycles. The van der Waals surface area contributed by atoms with Gasteiger partial charge in [0.05, 0.1) is 0 Å². The molecule has 6 heteroatoms. The highest BCUT2D eigenvalue weighted by atomic mass is 16.2. The Hall–Kier alpha value is -1.43. The summed E-state index contributed by atoms with van der Waals surface area (Å²) in [4.78, 5) is 18.6. The Kier molecular flexibility index (Phi) is 5.30. The molecule has 128 valence electrons. The number of hydrogen-bond acceptors (Lipinski definition) is 4. The monoisotopic (exact) mass is 319 g/mol. The molecule has 0 aromatic carbocycles. The van der Waals surface area contributed by atoms with Gasteiger partial charge in [-0.25, -0.2) is 4.98 Å². The van der Waals surface area contributed by atoms with Crippen LogP contribution >= 0.6 is 0 Å². The maximum absolute atomic E-state index is 12.2. The summed E-state index contributed by atoms with van der Waals surface area (Å²) < 4.78 is 1.98. The summed E-state index contributed by atoms with van der Waals surface area (Å²) in [5, 5.41) is 8.02. The summed E-state index contributed by atoms with van der Waals surface area (Å²) in [6.45, 7) is 7.72. The fraction of sp³-hybridized carbons (Fsp3) is 0.824. The number of carbonyl (C=O) groups excluding carboxylic acids is 1. The molecule has 1 N–H and O–H groups in total. The third kappa shape index (κ3) is 4.77. The second-order valence-electron chi connectivity index (χ2n) is 7.04. The summed E-state index contributed by atoms with van der Waals surface area (Å²) in [5.41, 5.74) is 0. The van der Waals surface area contributed by atoms with E-state index in [1.165, 1.54) is 12.8 Å². The minimum absolute atomic E-state index is 0.356. The maximum atomic E-state index is 12.2. The van der Waals surface area contributed by atoms with Gasteiger partial charge >= 0.3 is 0 Å². The van der Waals surface area contributed by atoms with Crippen LogP contribution in [0.1, 0.15) is 50.2 Å². The number of nitrogens with zero attached hydrogens (tertiary/aromatic N) is 4. The molecular formula is C17H29N5O. The van der Waals surface area contributed by atoms with Gasteiger partial charge in [0.2, 0.25) is 5.91 Å². The molecular weight excluding hydrogens is 290 g/mol. The average molecular weight is 319 g/mol. The van der Waals surface area contributed by atoms with E-state index in [1.807, 2.05) is 18.5 Å². The first kappa shape index (κ1) is 16.4. The molecule has 3 rings (SSSR count). The number of hydrogen-bond donors (Lipinski definition) is 1. The van der Waals surface area contributed by atoms with Crippen molar-refractivity contribution in [2.45, 2.75) is 65.0 Å². The zero-order chi connectivity index (χ0) is 16.2. The normalized spacial score (nSPS) is 22.4. The highest BCUT2D eigenvalue weighted by molar-refractivity contribution is 5.76. The lowest BCUT2D eigenvalue weighted by atomic mass is 10.1. The quantitative estimate of drug-likeness (QED) is 0.777. The van der Waals surface area contributed by atoms with E-state index in [1.54, 1.807) is 0 Å². The molecule has 1 aromatic rings. The lowest BCUT2D eigenvalue weighted by molar-refractivity contribution is -0.130. The van der Waals surface area contributed by atoms with E-state index in [0.29, 0.717) is 18.4 Å². The third-order valence-electron chi connectivity index (χ3n) is 4.92. The van der Waals surface area contributed by atoms with Crippen molar-refractivity contribution in [1.29, 1.82) is 0 Å². The van der Waals surface area contributed by atoms with Gasteiger partial charge in [0.25, 0.3) is 0 Å². The van der Waals surface area contributed by atoms with Gasteiger partial charge in [0.15, 0.2) is 0 Å². The molecule has 23 heavy (non-hydrogen) atoms. The summed E-state index contributed by atoms with van der Waals surface area (Å²) in [7, 11) is 0. The molecule has 6 nitrogen and oxygen atoms in total. The lowest BCUT2D eigenvalue weighted by Gasteiger charge is -2.20. The smallest absolute Gasteiger partial charge is 0.222 e. The number of rotatable bonds is 7. The zero-order valence-electron chi connectivity index (χ0n) is 14.4. The van der Waals surface area contributed by atoms with Crippen LogP contribution in [0.3, 0.4) is 0 Å². The number of carbonyl (C=O) groups is 1. The number of amides is 1. The first-order valence-corrected chi connectivity index (χ1v) is 9.01. The number of aryl methyl sites for hydroxylation is 3. The van der Waals surface area contributed by atoms with Crippen molar-refractivity contribution in [3.05, 3.63) is 11.6 Å². The first-order chi connectivity index (χ1) is 11.1. The number of nitrogens with one attached hydrogen (secondary N) is 1. The van der Waals surface area contributed by atoms with E-state index < -0.39 is 0 Å². The van der Waals surface area contributed by atoms with E-state index in [-0.39, 0.29) is 0 Å². The fourth-order valence-electron chi connectivity index (χ4n) is 3.35. The Labute approximate surface area is 138 Å². The van der Waals surface area contributed by atoms with E-state index in [4.69, 9.17) is 0 Å². The standard InChI is InChI=1S/C17H29N5O/c1-13-19-14(2)22(20-13)10-3-9-18-16-6-7-17(23)21(11-8-16)12-15-4-5-15/h15-16,18H,3-12H2,1-2H3. The van der Waals surface area contributed by atoms with Crippen molar-refractivity contribution in [3.63, 3.8) is 0 Å². The lowest BCUT2D eigenvalue weighted by Crippen LogP contribution is -2.34. The van der Waals surface area contributed by atoms with Gasteiger partial charge in [0.1, 0.15) is 11.6 Å². The molecule has 2 aliphatic rings. The third-order valence-corrected chi connectivity index (χ3v) is 4.92. The minimum Gasteiger partial charge on any atom is -0.342 e. The van der Waals surface area contributed by atoms with Crippen molar-refractivity contribution in [2.24, 2.45) is 5.92 Å². The van der Waals surface area contributed by atoms with E-state index >= 15 is 0 Å². The highest BCUT2D eigenvalue weighted by Gasteiger charge is 2.28. The van der Waals surface area contributed by atoms with Gasteiger partial charge in [-0.05, 0) is 58.4 Å². The maximum Gasteiger partial charge on any atom is 0.222 e. The number of aromatic nitrogens is 3. The Morgan fingerprint density at radius 1 is 1.22 bits per heavy atom. The van der Waals surface area contributed by atoms with Crippen LogP contribution in [0.2, 0.25) is 0 Å². The second kappa shape index (κ2) is 7.43. The van der Waals surface area contributed by atoms with Crippen molar-refractivity contribution in [2.75, 3.05) is 19.6 Å². The SMILES string of the molecule is Cc1nc(C)n(CCCNC2CCC(=O)N(CC3CC3)CC2)n1. The summed E-state index contributed by atoms with van der Waals surface area (Å²) >= 11 is 0. The Balaban J connectivity index is 1.37. The molecule has 0 bridgehead atoms. The van der Waals surface area contributed by atoms with E-state index in [9.17, 15) is 4.79 Å². The Morgan fingerprint density at radius 3 is 2.74 bits per heavy atom. The molecule has 1 aliphatic heterocycles. The van der Waals surface area contributed by atoms with Gasteiger partial charge in [0, 0.05) is 32.1 Å². The summed E-state index contributed by atoms with van der Waals surface area (Å²) in [6, 6.07) is 0.474. The summed E-state index contributed by atoms with van der Waals surface area (Å²) in [5.74, 6) is 2.97. The van der Waals surface area contributed by atoms with Gasteiger partial charge < -0.3 is 10.2 Å². The van der Waals surface area contributed by atoms with Crippen LogP contribution in [0.15, 0.2) is 0 Å². The molecule has 1 saturated carbocycles. The number of likely N-dealkylation sites (tertiary alicyclic amines) is 1. The van der Waals surface area contributed by atoms with Crippen LogP contribution in [0, 0.1) is 19.8 Å². The largest absolute Gasteiger partial charge is 0.342 e. The Bertz CT molecular complexity index is 537. The predicted octanol–water partition coefficient (Wildman–Crippen LogP) is 1.67. The van der Waals surface area contributed by atoms with Gasteiger partial charge in [-0.3, -0.25) is 9.48 Å². The molecule has 2 fully saturated rings. The molecule has 0 spiro atoms. The van der Waals surface area contributed by atoms with Crippen molar-refractivity contribution in [3.8, 4) is 0 Å². The van der Waals surface area contributed by atoms with Crippen LogP contribution in [0.5, 0.6) is 0 Å². The molecule has 1 saturated heterocycles.